The van der Waals surface area contributed by atoms with Crippen LogP contribution in [0.2, 0.25) is 0 Å². The van der Waals surface area contributed by atoms with E-state index in [4.69, 9.17) is 0 Å². The predicted molar refractivity (Wildman–Crippen MR) is 84.4 cm³/mol. The summed E-state index contributed by atoms with van der Waals surface area (Å²) in [5, 5.41) is 0.699. The summed E-state index contributed by atoms with van der Waals surface area (Å²) >= 11 is 0. The SMILES string of the molecule is O=C(NCc1ccnc(OCC(F)(F)F)c1)c1cccnc1S(=O)(=O)C(F)(F)F. The van der Waals surface area contributed by atoms with Gasteiger partial charge in [-0.15, -0.1) is 0 Å². The van der Waals surface area contributed by atoms with Crippen molar-refractivity contribution in [3.05, 3.63) is 47.8 Å². The fourth-order valence-corrected chi connectivity index (χ4v) is 2.83. The van der Waals surface area contributed by atoms with Crippen molar-refractivity contribution in [2.45, 2.75) is 23.3 Å². The minimum Gasteiger partial charge on any atom is -0.468 e. The molecule has 0 unspecified atom stereocenters. The standard InChI is InChI=1S/C15H11F6N3O4S/c16-14(17,18)8-28-11-6-9(3-5-22-11)7-24-12(25)10-2-1-4-23-13(10)29(26,27)15(19,20)21/h1-6H,7-8H2,(H,24,25). The van der Waals surface area contributed by atoms with Crippen LogP contribution in [0, 0.1) is 0 Å². The van der Waals surface area contributed by atoms with Gasteiger partial charge in [0.25, 0.3) is 15.7 Å². The number of sulfone groups is 1. The highest BCUT2D eigenvalue weighted by Crippen LogP contribution is 2.30. The lowest BCUT2D eigenvalue weighted by atomic mass is 10.2. The summed E-state index contributed by atoms with van der Waals surface area (Å²) in [5.41, 5.74) is -6.30. The van der Waals surface area contributed by atoms with Crippen molar-refractivity contribution in [1.82, 2.24) is 15.3 Å². The lowest BCUT2D eigenvalue weighted by molar-refractivity contribution is -0.154. The maximum Gasteiger partial charge on any atom is 0.503 e. The monoisotopic (exact) mass is 443 g/mol. The average Bonchev–Trinajstić information content (AvgIpc) is 2.63. The molecule has 0 bridgehead atoms. The van der Waals surface area contributed by atoms with Gasteiger partial charge in [-0.05, 0) is 23.8 Å². The van der Waals surface area contributed by atoms with Crippen molar-refractivity contribution in [3.8, 4) is 5.88 Å². The number of amides is 1. The molecule has 29 heavy (non-hydrogen) atoms. The molecule has 0 fully saturated rings. The maximum atomic E-state index is 12.8. The Kier molecular flexibility index (Phi) is 6.35. The number of pyridine rings is 2. The van der Waals surface area contributed by atoms with Gasteiger partial charge in [-0.2, -0.15) is 26.3 Å². The molecule has 0 radical (unpaired) electrons. The molecule has 0 aliphatic rings. The summed E-state index contributed by atoms with van der Waals surface area (Å²) < 4.78 is 102. The highest BCUT2D eigenvalue weighted by Gasteiger charge is 2.49. The number of halogens is 6. The van der Waals surface area contributed by atoms with Crippen molar-refractivity contribution < 1.29 is 44.3 Å². The van der Waals surface area contributed by atoms with Crippen LogP contribution in [0.25, 0.3) is 0 Å². The largest absolute Gasteiger partial charge is 0.503 e. The highest BCUT2D eigenvalue weighted by molar-refractivity contribution is 7.92. The zero-order chi connectivity index (χ0) is 21.9. The van der Waals surface area contributed by atoms with Gasteiger partial charge in [0.05, 0.1) is 5.56 Å². The molecule has 2 aromatic heterocycles. The van der Waals surface area contributed by atoms with Gasteiger partial charge < -0.3 is 10.1 Å². The van der Waals surface area contributed by atoms with E-state index in [9.17, 15) is 39.6 Å². The van der Waals surface area contributed by atoms with E-state index in [0.29, 0.717) is 0 Å². The molecule has 0 atom stereocenters. The zero-order valence-electron chi connectivity index (χ0n) is 14.1. The van der Waals surface area contributed by atoms with Crippen molar-refractivity contribution in [2.24, 2.45) is 0 Å². The van der Waals surface area contributed by atoms with E-state index in [1.165, 1.54) is 6.07 Å². The van der Waals surface area contributed by atoms with Crippen LogP contribution in [0.5, 0.6) is 5.88 Å². The Morgan fingerprint density at radius 1 is 1.07 bits per heavy atom. The highest BCUT2D eigenvalue weighted by atomic mass is 32.2. The normalized spacial score (nSPS) is 12.5. The van der Waals surface area contributed by atoms with Crippen molar-refractivity contribution >= 4 is 15.7 Å². The first-order valence-corrected chi connectivity index (χ1v) is 8.98. The quantitative estimate of drug-likeness (QED) is 0.690. The second-order valence-corrected chi connectivity index (χ2v) is 7.25. The topological polar surface area (TPSA) is 98.2 Å². The van der Waals surface area contributed by atoms with Crippen LogP contribution in [0.1, 0.15) is 15.9 Å². The van der Waals surface area contributed by atoms with E-state index in [-0.39, 0.29) is 12.1 Å². The van der Waals surface area contributed by atoms with E-state index < -0.39 is 50.5 Å². The molecule has 0 spiro atoms. The van der Waals surface area contributed by atoms with Gasteiger partial charge in [0.1, 0.15) is 0 Å². The molecule has 0 aliphatic carbocycles. The zero-order valence-corrected chi connectivity index (χ0v) is 14.9. The van der Waals surface area contributed by atoms with Crippen LogP contribution in [-0.2, 0) is 16.4 Å². The average molecular weight is 443 g/mol. The number of hydrogen-bond donors (Lipinski definition) is 1. The number of carbonyl (C=O) groups excluding carboxylic acids is 1. The van der Waals surface area contributed by atoms with Crippen LogP contribution < -0.4 is 10.1 Å². The molecular weight excluding hydrogens is 432 g/mol. The molecule has 2 heterocycles. The summed E-state index contributed by atoms with van der Waals surface area (Å²) in [6.07, 6.45) is -2.72. The third-order valence-corrected chi connectivity index (χ3v) is 4.65. The lowest BCUT2D eigenvalue weighted by Gasteiger charge is -2.12. The second kappa shape index (κ2) is 8.23. The second-order valence-electron chi connectivity index (χ2n) is 5.39. The number of rotatable bonds is 6. The van der Waals surface area contributed by atoms with Gasteiger partial charge >= 0.3 is 11.7 Å². The molecule has 1 amide bonds. The van der Waals surface area contributed by atoms with Crippen LogP contribution in [0.3, 0.4) is 0 Å². The van der Waals surface area contributed by atoms with Crippen LogP contribution in [0.4, 0.5) is 26.3 Å². The smallest absolute Gasteiger partial charge is 0.468 e. The molecule has 0 aromatic carbocycles. The van der Waals surface area contributed by atoms with Gasteiger partial charge in [-0.1, -0.05) is 0 Å². The van der Waals surface area contributed by atoms with Gasteiger partial charge in [0.15, 0.2) is 11.6 Å². The molecular formula is C15H11F6N3O4S. The number of carbonyl (C=O) groups is 1. The molecule has 0 saturated carbocycles. The Morgan fingerprint density at radius 2 is 1.76 bits per heavy atom. The number of aromatic nitrogens is 2. The fourth-order valence-electron chi connectivity index (χ4n) is 1.96. The van der Waals surface area contributed by atoms with Crippen LogP contribution in [0.15, 0.2) is 41.7 Å². The Bertz CT molecular complexity index is 992. The van der Waals surface area contributed by atoms with Crippen molar-refractivity contribution in [1.29, 1.82) is 0 Å². The van der Waals surface area contributed by atoms with E-state index in [1.807, 2.05) is 0 Å². The summed E-state index contributed by atoms with van der Waals surface area (Å²) in [7, 11) is -5.87. The van der Waals surface area contributed by atoms with Gasteiger partial charge in [0, 0.05) is 25.0 Å². The number of alkyl halides is 6. The summed E-state index contributed by atoms with van der Waals surface area (Å²) in [6, 6.07) is 4.28. The summed E-state index contributed by atoms with van der Waals surface area (Å²) in [4.78, 5) is 18.9. The Morgan fingerprint density at radius 3 is 2.38 bits per heavy atom. The predicted octanol–water partition coefficient (Wildman–Crippen LogP) is 2.64. The summed E-state index contributed by atoms with van der Waals surface area (Å²) in [5.74, 6) is -1.58. The van der Waals surface area contributed by atoms with E-state index in [0.717, 1.165) is 30.6 Å². The van der Waals surface area contributed by atoms with Gasteiger partial charge in [0.2, 0.25) is 5.88 Å². The van der Waals surface area contributed by atoms with Crippen molar-refractivity contribution in [2.75, 3.05) is 6.61 Å². The van der Waals surface area contributed by atoms with Crippen molar-refractivity contribution in [3.63, 3.8) is 0 Å². The number of ether oxygens (including phenoxy) is 1. The third-order valence-electron chi connectivity index (χ3n) is 3.21. The molecule has 0 saturated heterocycles. The lowest BCUT2D eigenvalue weighted by Crippen LogP contribution is -2.30. The molecule has 2 aromatic rings. The van der Waals surface area contributed by atoms with Gasteiger partial charge in [-0.3, -0.25) is 4.79 Å². The first-order chi connectivity index (χ1) is 13.3. The third kappa shape index (κ3) is 5.79. The molecule has 0 aliphatic heterocycles. The Hall–Kier alpha value is -2.90. The molecule has 2 rings (SSSR count). The number of nitrogens with one attached hydrogen (secondary N) is 1. The van der Waals surface area contributed by atoms with Gasteiger partial charge in [-0.25, -0.2) is 18.4 Å². The first kappa shape index (κ1) is 22.4. The van der Waals surface area contributed by atoms with E-state index in [2.05, 4.69) is 20.0 Å². The minimum atomic E-state index is -5.87. The molecule has 158 valence electrons. The maximum absolute atomic E-state index is 12.8. The minimum absolute atomic E-state index is 0.203. The Balaban J connectivity index is 2.15. The first-order valence-electron chi connectivity index (χ1n) is 7.50. The molecule has 1 N–H and O–H groups in total. The van der Waals surface area contributed by atoms with Crippen LogP contribution in [-0.4, -0.2) is 42.6 Å². The fraction of sp³-hybridized carbons (Fsp3) is 0.267. The van der Waals surface area contributed by atoms with E-state index >= 15 is 0 Å². The van der Waals surface area contributed by atoms with Crippen LogP contribution >= 0.6 is 0 Å². The molecule has 7 nitrogen and oxygen atoms in total. The van der Waals surface area contributed by atoms with E-state index in [1.54, 1.807) is 0 Å². The molecule has 14 heteroatoms. The summed E-state index contributed by atoms with van der Waals surface area (Å²) in [6.45, 7) is -1.95. The number of nitrogens with zero attached hydrogens (tertiary/aromatic N) is 2. The number of hydrogen-bond acceptors (Lipinski definition) is 6. The Labute approximate surface area is 159 Å².